The molecule has 0 radical (unpaired) electrons. The van der Waals surface area contributed by atoms with Gasteiger partial charge >= 0.3 is 0 Å². The third kappa shape index (κ3) is 2.45. The average Bonchev–Trinajstić information content (AvgIpc) is 2.95. The Kier molecular flexibility index (Phi) is 3.43. The number of hydrogen-bond acceptors (Lipinski definition) is 2. The van der Waals surface area contributed by atoms with Gasteiger partial charge in [0.05, 0.1) is 6.04 Å². The molecule has 0 aliphatic heterocycles. The second-order valence-corrected chi connectivity index (χ2v) is 5.46. The molecule has 100 valence electrons. The highest BCUT2D eigenvalue weighted by Crippen LogP contribution is 2.33. The lowest BCUT2D eigenvalue weighted by Crippen LogP contribution is -2.26. The molecule has 1 aliphatic rings. The fourth-order valence-corrected chi connectivity index (χ4v) is 3.03. The van der Waals surface area contributed by atoms with Gasteiger partial charge in [0.2, 0.25) is 0 Å². The van der Waals surface area contributed by atoms with Gasteiger partial charge in [0.25, 0.3) is 0 Å². The quantitative estimate of drug-likeness (QED) is 0.909. The Balaban J connectivity index is 1.77. The number of hydrogen-bond donors (Lipinski definition) is 1. The zero-order valence-corrected chi connectivity index (χ0v) is 11.4. The lowest BCUT2D eigenvalue weighted by atomic mass is 9.79. The second-order valence-electron chi connectivity index (χ2n) is 5.46. The first kappa shape index (κ1) is 12.5. The fourth-order valence-electron chi connectivity index (χ4n) is 3.03. The Morgan fingerprint density at radius 2 is 2.00 bits per heavy atom. The van der Waals surface area contributed by atoms with E-state index in [9.17, 15) is 0 Å². The van der Waals surface area contributed by atoms with E-state index in [1.54, 1.807) is 0 Å². The summed E-state index contributed by atoms with van der Waals surface area (Å²) in [5, 5.41) is 0. The van der Waals surface area contributed by atoms with Gasteiger partial charge in [0.15, 0.2) is 0 Å². The number of benzene rings is 1. The van der Waals surface area contributed by atoms with Gasteiger partial charge in [-0.2, -0.15) is 0 Å². The van der Waals surface area contributed by atoms with Crippen LogP contribution in [0.3, 0.4) is 0 Å². The summed E-state index contributed by atoms with van der Waals surface area (Å²) in [7, 11) is 0. The van der Waals surface area contributed by atoms with Crippen LogP contribution in [0.25, 0.3) is 0 Å². The van der Waals surface area contributed by atoms with Crippen molar-refractivity contribution in [3.8, 4) is 0 Å². The minimum atomic E-state index is 0.0219. The molecule has 2 unspecified atom stereocenters. The number of fused-ring (bicyclic) bond motifs is 1. The van der Waals surface area contributed by atoms with Gasteiger partial charge in [0, 0.05) is 6.42 Å². The molecule has 2 nitrogen and oxygen atoms in total. The molecular weight excluding hydrogens is 234 g/mol. The van der Waals surface area contributed by atoms with Crippen molar-refractivity contribution in [2.45, 2.75) is 38.6 Å². The van der Waals surface area contributed by atoms with E-state index in [-0.39, 0.29) is 6.04 Å². The molecule has 0 amide bonds. The molecule has 2 heteroatoms. The van der Waals surface area contributed by atoms with Crippen LogP contribution in [0.15, 0.2) is 40.8 Å². The Labute approximate surface area is 114 Å². The lowest BCUT2D eigenvalue weighted by molar-refractivity contribution is 0.326. The Bertz CT molecular complexity index is 558. The molecule has 0 bridgehead atoms. The highest BCUT2D eigenvalue weighted by Gasteiger charge is 2.26. The second kappa shape index (κ2) is 5.22. The maximum Gasteiger partial charge on any atom is 0.121 e. The molecule has 0 saturated carbocycles. The lowest BCUT2D eigenvalue weighted by Gasteiger charge is -2.28. The summed E-state index contributed by atoms with van der Waals surface area (Å²) in [4.78, 5) is 0. The molecule has 0 spiro atoms. The standard InChI is InChI=1S/C17H21NO/c1-2-15-9-10-16(19-15)17(18)14-8-7-12-5-3-4-6-13(12)11-14/h3-6,9-10,14,17H,2,7-8,11,18H2,1H3. The number of aryl methyl sites for hydroxylation is 2. The first-order valence-electron chi connectivity index (χ1n) is 7.19. The molecule has 1 aromatic heterocycles. The number of nitrogens with two attached hydrogens (primary N) is 1. The van der Waals surface area contributed by atoms with Crippen molar-refractivity contribution >= 4 is 0 Å². The normalized spacial score (nSPS) is 20.0. The Morgan fingerprint density at radius 1 is 1.21 bits per heavy atom. The SMILES string of the molecule is CCc1ccc(C(N)C2CCc3ccccc3C2)o1. The summed E-state index contributed by atoms with van der Waals surface area (Å²) in [6, 6.07) is 12.8. The van der Waals surface area contributed by atoms with Crippen LogP contribution in [0, 0.1) is 5.92 Å². The predicted molar refractivity (Wildman–Crippen MR) is 77.0 cm³/mol. The minimum Gasteiger partial charge on any atom is -0.464 e. The monoisotopic (exact) mass is 255 g/mol. The van der Waals surface area contributed by atoms with Crippen molar-refractivity contribution in [3.05, 3.63) is 59.0 Å². The van der Waals surface area contributed by atoms with Gasteiger partial charge in [-0.3, -0.25) is 0 Å². The maximum atomic E-state index is 6.40. The van der Waals surface area contributed by atoms with Crippen LogP contribution in [0.4, 0.5) is 0 Å². The molecule has 19 heavy (non-hydrogen) atoms. The Morgan fingerprint density at radius 3 is 2.74 bits per heavy atom. The zero-order valence-electron chi connectivity index (χ0n) is 11.4. The van der Waals surface area contributed by atoms with Crippen LogP contribution < -0.4 is 5.73 Å². The van der Waals surface area contributed by atoms with Crippen LogP contribution in [0.1, 0.15) is 42.0 Å². The largest absolute Gasteiger partial charge is 0.464 e. The summed E-state index contributed by atoms with van der Waals surface area (Å²) in [6.07, 6.45) is 4.29. The van der Waals surface area contributed by atoms with Gasteiger partial charge < -0.3 is 10.2 Å². The van der Waals surface area contributed by atoms with Crippen LogP contribution in [-0.2, 0) is 19.3 Å². The number of rotatable bonds is 3. The van der Waals surface area contributed by atoms with E-state index in [1.807, 2.05) is 12.1 Å². The van der Waals surface area contributed by atoms with Gasteiger partial charge in [-0.05, 0) is 48.4 Å². The van der Waals surface area contributed by atoms with Crippen molar-refractivity contribution in [1.29, 1.82) is 0 Å². The van der Waals surface area contributed by atoms with Crippen molar-refractivity contribution in [2.24, 2.45) is 11.7 Å². The van der Waals surface area contributed by atoms with Gasteiger partial charge in [-0.1, -0.05) is 31.2 Å². The maximum absolute atomic E-state index is 6.40. The third-order valence-corrected chi connectivity index (χ3v) is 4.25. The molecule has 1 aromatic carbocycles. The third-order valence-electron chi connectivity index (χ3n) is 4.25. The van der Waals surface area contributed by atoms with Gasteiger partial charge in [-0.25, -0.2) is 0 Å². The molecule has 1 heterocycles. The van der Waals surface area contributed by atoms with E-state index in [0.29, 0.717) is 5.92 Å². The van der Waals surface area contributed by atoms with E-state index in [4.69, 9.17) is 10.2 Å². The van der Waals surface area contributed by atoms with E-state index in [2.05, 4.69) is 31.2 Å². The zero-order chi connectivity index (χ0) is 13.2. The van der Waals surface area contributed by atoms with E-state index in [0.717, 1.165) is 37.2 Å². The van der Waals surface area contributed by atoms with Crippen molar-refractivity contribution in [3.63, 3.8) is 0 Å². The summed E-state index contributed by atoms with van der Waals surface area (Å²) in [5.41, 5.74) is 9.34. The average molecular weight is 255 g/mol. The predicted octanol–water partition coefficient (Wildman–Crippen LogP) is 3.65. The topological polar surface area (TPSA) is 39.2 Å². The van der Waals surface area contributed by atoms with Crippen molar-refractivity contribution in [2.75, 3.05) is 0 Å². The molecule has 2 N–H and O–H groups in total. The molecule has 0 saturated heterocycles. The van der Waals surface area contributed by atoms with Crippen LogP contribution in [0.2, 0.25) is 0 Å². The smallest absolute Gasteiger partial charge is 0.121 e. The first-order valence-corrected chi connectivity index (χ1v) is 7.19. The summed E-state index contributed by atoms with van der Waals surface area (Å²) in [5.74, 6) is 2.47. The fraction of sp³-hybridized carbons (Fsp3) is 0.412. The van der Waals surface area contributed by atoms with Crippen molar-refractivity contribution in [1.82, 2.24) is 0 Å². The van der Waals surface area contributed by atoms with E-state index in [1.165, 1.54) is 11.1 Å². The summed E-state index contributed by atoms with van der Waals surface area (Å²) >= 11 is 0. The van der Waals surface area contributed by atoms with E-state index >= 15 is 0 Å². The molecule has 2 aromatic rings. The molecule has 3 rings (SSSR count). The van der Waals surface area contributed by atoms with Crippen LogP contribution >= 0.6 is 0 Å². The summed E-state index contributed by atoms with van der Waals surface area (Å²) < 4.78 is 5.81. The van der Waals surface area contributed by atoms with Crippen LogP contribution in [0.5, 0.6) is 0 Å². The Hall–Kier alpha value is -1.54. The van der Waals surface area contributed by atoms with E-state index < -0.39 is 0 Å². The first-order chi connectivity index (χ1) is 9.28. The molecule has 2 atom stereocenters. The van der Waals surface area contributed by atoms with Crippen molar-refractivity contribution < 1.29 is 4.42 Å². The van der Waals surface area contributed by atoms with Gasteiger partial charge in [-0.15, -0.1) is 0 Å². The molecule has 0 fully saturated rings. The number of furan rings is 1. The highest BCUT2D eigenvalue weighted by atomic mass is 16.3. The minimum absolute atomic E-state index is 0.0219. The van der Waals surface area contributed by atoms with Crippen LogP contribution in [-0.4, -0.2) is 0 Å². The molecule has 1 aliphatic carbocycles. The highest BCUT2D eigenvalue weighted by molar-refractivity contribution is 5.30. The van der Waals surface area contributed by atoms with Gasteiger partial charge in [0.1, 0.15) is 11.5 Å². The summed E-state index contributed by atoms with van der Waals surface area (Å²) in [6.45, 7) is 2.10. The molecular formula is C17H21NO.